The largest absolute Gasteiger partial charge is 0.497 e. The van der Waals surface area contributed by atoms with E-state index in [1.165, 1.54) is 0 Å². The molecule has 0 aliphatic heterocycles. The smallest absolute Gasteiger partial charge is 0.268 e. The molecule has 5 nitrogen and oxygen atoms in total. The highest BCUT2D eigenvalue weighted by molar-refractivity contribution is 5.98. The van der Waals surface area contributed by atoms with Gasteiger partial charge < -0.3 is 19.0 Å². The van der Waals surface area contributed by atoms with E-state index in [1.807, 2.05) is 41.9 Å². The number of methoxy groups -OCH3 is 1. The second-order valence-electron chi connectivity index (χ2n) is 4.78. The minimum absolute atomic E-state index is 0.135. The minimum Gasteiger partial charge on any atom is -0.497 e. The van der Waals surface area contributed by atoms with Crippen LogP contribution in [0.15, 0.2) is 47.1 Å². The Bertz CT molecular complexity index is 772. The standard InChI is InChI=1S/C16H16N2O3/c1-18-14-6-5-12(20-2)8-11(14)9-15(18)16(19)17-10-13-4-3-7-21-13/h3-9H,10H2,1-2H3,(H,17,19). The Labute approximate surface area is 122 Å². The van der Waals surface area contributed by atoms with E-state index in [-0.39, 0.29) is 5.91 Å². The maximum atomic E-state index is 12.3. The van der Waals surface area contributed by atoms with Crippen LogP contribution in [0.1, 0.15) is 16.2 Å². The number of hydrogen-bond acceptors (Lipinski definition) is 3. The second kappa shape index (κ2) is 5.36. The molecule has 1 amide bonds. The molecule has 2 heterocycles. The lowest BCUT2D eigenvalue weighted by molar-refractivity contribution is 0.0940. The number of fused-ring (bicyclic) bond motifs is 1. The Morgan fingerprint density at radius 1 is 1.33 bits per heavy atom. The molecular weight excluding hydrogens is 268 g/mol. The predicted octanol–water partition coefficient (Wildman–Crippen LogP) is 2.71. The Morgan fingerprint density at radius 2 is 2.19 bits per heavy atom. The van der Waals surface area contributed by atoms with Gasteiger partial charge in [0, 0.05) is 18.0 Å². The predicted molar refractivity (Wildman–Crippen MR) is 79.3 cm³/mol. The molecule has 1 aromatic carbocycles. The number of carbonyl (C=O) groups excluding carboxylic acids is 1. The molecule has 21 heavy (non-hydrogen) atoms. The summed E-state index contributed by atoms with van der Waals surface area (Å²) in [4.78, 5) is 12.3. The van der Waals surface area contributed by atoms with Crippen molar-refractivity contribution in [3.63, 3.8) is 0 Å². The summed E-state index contributed by atoms with van der Waals surface area (Å²) < 4.78 is 12.3. The van der Waals surface area contributed by atoms with Crippen molar-refractivity contribution in [3.8, 4) is 5.75 Å². The van der Waals surface area contributed by atoms with Crippen molar-refractivity contribution < 1.29 is 13.9 Å². The van der Waals surface area contributed by atoms with Crippen molar-refractivity contribution in [2.24, 2.45) is 7.05 Å². The summed E-state index contributed by atoms with van der Waals surface area (Å²) in [5, 5.41) is 3.82. The van der Waals surface area contributed by atoms with Crippen molar-refractivity contribution in [2.75, 3.05) is 7.11 Å². The van der Waals surface area contributed by atoms with E-state index in [2.05, 4.69) is 5.32 Å². The third-order valence-corrected chi connectivity index (χ3v) is 3.49. The molecule has 0 saturated carbocycles. The average Bonchev–Trinajstić information content (AvgIpc) is 3.12. The number of nitrogens with zero attached hydrogens (tertiary/aromatic N) is 1. The van der Waals surface area contributed by atoms with Crippen molar-refractivity contribution in [1.29, 1.82) is 0 Å². The Morgan fingerprint density at radius 3 is 2.90 bits per heavy atom. The zero-order chi connectivity index (χ0) is 14.8. The maximum absolute atomic E-state index is 12.3. The number of aromatic nitrogens is 1. The van der Waals surface area contributed by atoms with Crippen LogP contribution in [-0.2, 0) is 13.6 Å². The van der Waals surface area contributed by atoms with Crippen molar-refractivity contribution in [2.45, 2.75) is 6.54 Å². The number of rotatable bonds is 4. The molecule has 0 fully saturated rings. The quantitative estimate of drug-likeness (QED) is 0.801. The van der Waals surface area contributed by atoms with Crippen LogP contribution < -0.4 is 10.1 Å². The topological polar surface area (TPSA) is 56.4 Å². The number of ether oxygens (including phenoxy) is 1. The molecule has 0 bridgehead atoms. The fraction of sp³-hybridized carbons (Fsp3) is 0.188. The number of benzene rings is 1. The number of aryl methyl sites for hydroxylation is 1. The van der Waals surface area contributed by atoms with Crippen LogP contribution in [0.25, 0.3) is 10.9 Å². The average molecular weight is 284 g/mol. The van der Waals surface area contributed by atoms with E-state index in [4.69, 9.17) is 9.15 Å². The number of carbonyl (C=O) groups is 1. The van der Waals surface area contributed by atoms with Crippen molar-refractivity contribution >= 4 is 16.8 Å². The van der Waals surface area contributed by atoms with Gasteiger partial charge in [-0.15, -0.1) is 0 Å². The van der Waals surface area contributed by atoms with Crippen LogP contribution in [0.2, 0.25) is 0 Å². The van der Waals surface area contributed by atoms with E-state index in [1.54, 1.807) is 19.4 Å². The first-order valence-electron chi connectivity index (χ1n) is 6.63. The van der Waals surface area contributed by atoms with Crippen LogP contribution in [-0.4, -0.2) is 17.6 Å². The molecule has 1 N–H and O–H groups in total. The first kappa shape index (κ1) is 13.3. The van der Waals surface area contributed by atoms with Crippen LogP contribution in [0.5, 0.6) is 5.75 Å². The third kappa shape index (κ3) is 2.50. The molecule has 108 valence electrons. The molecule has 0 aliphatic rings. The number of hydrogen-bond donors (Lipinski definition) is 1. The van der Waals surface area contributed by atoms with Gasteiger partial charge >= 0.3 is 0 Å². The van der Waals surface area contributed by atoms with E-state index >= 15 is 0 Å². The van der Waals surface area contributed by atoms with Gasteiger partial charge in [0.2, 0.25) is 0 Å². The zero-order valence-electron chi connectivity index (χ0n) is 11.9. The van der Waals surface area contributed by atoms with E-state index in [0.29, 0.717) is 12.2 Å². The van der Waals surface area contributed by atoms with Crippen LogP contribution in [0.3, 0.4) is 0 Å². The van der Waals surface area contributed by atoms with E-state index < -0.39 is 0 Å². The molecule has 0 spiro atoms. The lowest BCUT2D eigenvalue weighted by Crippen LogP contribution is -2.24. The molecule has 0 aliphatic carbocycles. The first-order chi connectivity index (χ1) is 10.2. The monoisotopic (exact) mass is 284 g/mol. The van der Waals surface area contributed by atoms with E-state index in [9.17, 15) is 4.79 Å². The molecule has 0 unspecified atom stereocenters. The number of nitrogens with one attached hydrogen (secondary N) is 1. The normalized spacial score (nSPS) is 10.8. The molecular formula is C16H16N2O3. The Hall–Kier alpha value is -2.69. The second-order valence-corrected chi connectivity index (χ2v) is 4.78. The molecule has 5 heteroatoms. The highest BCUT2D eigenvalue weighted by Gasteiger charge is 2.13. The summed E-state index contributed by atoms with van der Waals surface area (Å²) in [5.74, 6) is 1.36. The lowest BCUT2D eigenvalue weighted by Gasteiger charge is -2.05. The summed E-state index contributed by atoms with van der Waals surface area (Å²) in [6.07, 6.45) is 1.59. The van der Waals surface area contributed by atoms with Crippen molar-refractivity contribution in [3.05, 3.63) is 54.1 Å². The van der Waals surface area contributed by atoms with Crippen LogP contribution >= 0.6 is 0 Å². The highest BCUT2D eigenvalue weighted by atomic mass is 16.5. The summed E-state index contributed by atoms with van der Waals surface area (Å²) in [5.41, 5.74) is 1.59. The highest BCUT2D eigenvalue weighted by Crippen LogP contribution is 2.23. The molecule has 0 radical (unpaired) electrons. The van der Waals surface area contributed by atoms with Gasteiger partial charge in [0.25, 0.3) is 5.91 Å². The fourth-order valence-electron chi connectivity index (χ4n) is 2.34. The van der Waals surface area contributed by atoms with Gasteiger partial charge in [0.1, 0.15) is 17.2 Å². The number of furan rings is 1. The van der Waals surface area contributed by atoms with E-state index in [0.717, 1.165) is 22.4 Å². The molecule has 0 saturated heterocycles. The summed E-state index contributed by atoms with van der Waals surface area (Å²) in [6.45, 7) is 0.372. The van der Waals surface area contributed by atoms with Crippen LogP contribution in [0, 0.1) is 0 Å². The summed E-state index contributed by atoms with van der Waals surface area (Å²) >= 11 is 0. The van der Waals surface area contributed by atoms with Crippen LogP contribution in [0.4, 0.5) is 0 Å². The number of amides is 1. The van der Waals surface area contributed by atoms with Gasteiger partial charge in [0.15, 0.2) is 0 Å². The molecule has 3 rings (SSSR count). The Balaban J connectivity index is 1.85. The third-order valence-electron chi connectivity index (χ3n) is 3.49. The summed E-state index contributed by atoms with van der Waals surface area (Å²) in [6, 6.07) is 11.2. The van der Waals surface area contributed by atoms with Gasteiger partial charge in [-0.3, -0.25) is 4.79 Å². The lowest BCUT2D eigenvalue weighted by atomic mass is 10.2. The maximum Gasteiger partial charge on any atom is 0.268 e. The SMILES string of the molecule is COc1ccc2c(c1)cc(C(=O)NCc1ccco1)n2C. The van der Waals surface area contributed by atoms with Gasteiger partial charge in [0.05, 0.1) is 19.9 Å². The minimum atomic E-state index is -0.135. The first-order valence-corrected chi connectivity index (χ1v) is 6.63. The summed E-state index contributed by atoms with van der Waals surface area (Å²) in [7, 11) is 3.50. The van der Waals surface area contributed by atoms with Gasteiger partial charge in [-0.1, -0.05) is 0 Å². The van der Waals surface area contributed by atoms with Gasteiger partial charge in [-0.25, -0.2) is 0 Å². The molecule has 2 aromatic heterocycles. The molecule has 3 aromatic rings. The zero-order valence-corrected chi connectivity index (χ0v) is 11.9. The van der Waals surface area contributed by atoms with Gasteiger partial charge in [-0.2, -0.15) is 0 Å². The Kier molecular flexibility index (Phi) is 3.39. The van der Waals surface area contributed by atoms with Gasteiger partial charge in [-0.05, 0) is 36.4 Å². The fourth-order valence-corrected chi connectivity index (χ4v) is 2.34. The van der Waals surface area contributed by atoms with Crippen molar-refractivity contribution in [1.82, 2.24) is 9.88 Å². The molecule has 0 atom stereocenters.